The number of hydrogen-bond acceptors (Lipinski definition) is 2. The lowest BCUT2D eigenvalue weighted by atomic mass is 10.2. The van der Waals surface area contributed by atoms with Crippen LogP contribution in [0.5, 0.6) is 0 Å². The molecule has 0 heterocycles. The molecule has 0 aromatic carbocycles. The fourth-order valence-electron chi connectivity index (χ4n) is 1.13. The third-order valence-electron chi connectivity index (χ3n) is 2.67. The molecule has 0 aliphatic heterocycles. The van der Waals surface area contributed by atoms with Gasteiger partial charge in [0.05, 0.1) is 0 Å². The van der Waals surface area contributed by atoms with Crippen molar-refractivity contribution in [3.05, 3.63) is 0 Å². The van der Waals surface area contributed by atoms with Crippen LogP contribution in [0.4, 0.5) is 0 Å². The van der Waals surface area contributed by atoms with Gasteiger partial charge in [-0.05, 0) is 25.3 Å². The van der Waals surface area contributed by atoms with Gasteiger partial charge in [-0.15, -0.1) is 0 Å². The zero-order valence-corrected chi connectivity index (χ0v) is 11.3. The Kier molecular flexibility index (Phi) is 8.80. The van der Waals surface area contributed by atoms with E-state index in [1.165, 1.54) is 18.6 Å². The van der Waals surface area contributed by atoms with Gasteiger partial charge in [-0.1, -0.05) is 34.6 Å². The molecule has 1 N–H and O–H groups in total. The topological polar surface area (TPSA) is 12.0 Å². The highest BCUT2D eigenvalue weighted by atomic mass is 32.2. The average molecular weight is 217 g/mol. The Morgan fingerprint density at radius 3 is 2.21 bits per heavy atom. The highest BCUT2D eigenvalue weighted by Crippen LogP contribution is 2.19. The zero-order valence-electron chi connectivity index (χ0n) is 10.5. The van der Waals surface area contributed by atoms with E-state index in [0.717, 1.165) is 17.7 Å². The molecule has 2 unspecified atom stereocenters. The van der Waals surface area contributed by atoms with Gasteiger partial charge in [-0.2, -0.15) is 11.8 Å². The maximum absolute atomic E-state index is 3.59. The van der Waals surface area contributed by atoms with Crippen LogP contribution in [-0.2, 0) is 0 Å². The van der Waals surface area contributed by atoms with Gasteiger partial charge in [-0.3, -0.25) is 0 Å². The average Bonchev–Trinajstić information content (AvgIpc) is 2.17. The van der Waals surface area contributed by atoms with Crippen molar-refractivity contribution >= 4 is 11.8 Å². The van der Waals surface area contributed by atoms with Crippen molar-refractivity contribution in [3.63, 3.8) is 0 Å². The summed E-state index contributed by atoms with van der Waals surface area (Å²) in [6, 6.07) is 0.709. The van der Waals surface area contributed by atoms with Crippen LogP contribution in [-0.4, -0.2) is 23.6 Å². The van der Waals surface area contributed by atoms with Gasteiger partial charge in [0.1, 0.15) is 0 Å². The minimum absolute atomic E-state index is 0.709. The molecule has 2 heteroatoms. The van der Waals surface area contributed by atoms with Crippen LogP contribution >= 0.6 is 11.8 Å². The second-order valence-electron chi connectivity index (χ2n) is 4.34. The zero-order chi connectivity index (χ0) is 11.0. The van der Waals surface area contributed by atoms with Crippen LogP contribution in [0.15, 0.2) is 0 Å². The molecule has 2 atom stereocenters. The normalized spacial score (nSPS) is 15.9. The van der Waals surface area contributed by atoms with E-state index in [1.807, 2.05) is 0 Å². The van der Waals surface area contributed by atoms with E-state index in [-0.39, 0.29) is 0 Å². The van der Waals surface area contributed by atoms with E-state index >= 15 is 0 Å². The first-order valence-electron chi connectivity index (χ1n) is 5.96. The van der Waals surface area contributed by atoms with Gasteiger partial charge >= 0.3 is 0 Å². The molecule has 0 saturated carbocycles. The molecule has 14 heavy (non-hydrogen) atoms. The minimum Gasteiger partial charge on any atom is -0.313 e. The fourth-order valence-corrected chi connectivity index (χ4v) is 2.40. The van der Waals surface area contributed by atoms with Crippen molar-refractivity contribution in [2.75, 3.05) is 12.3 Å². The maximum atomic E-state index is 3.59. The summed E-state index contributed by atoms with van der Waals surface area (Å²) in [7, 11) is 0. The molecule has 0 aliphatic rings. The first kappa shape index (κ1) is 14.3. The van der Waals surface area contributed by atoms with Crippen molar-refractivity contribution in [1.82, 2.24) is 5.32 Å². The van der Waals surface area contributed by atoms with Crippen LogP contribution in [0.2, 0.25) is 0 Å². The van der Waals surface area contributed by atoms with Gasteiger partial charge in [0.25, 0.3) is 0 Å². The lowest BCUT2D eigenvalue weighted by Gasteiger charge is -2.20. The van der Waals surface area contributed by atoms with Gasteiger partial charge < -0.3 is 5.32 Å². The highest BCUT2D eigenvalue weighted by Gasteiger charge is 2.11. The summed E-state index contributed by atoms with van der Waals surface area (Å²) in [5.74, 6) is 2.05. The molecule has 0 bridgehead atoms. The molecular weight excluding hydrogens is 190 g/mol. The van der Waals surface area contributed by atoms with Gasteiger partial charge in [0.15, 0.2) is 0 Å². The Labute approximate surface area is 94.4 Å². The monoisotopic (exact) mass is 217 g/mol. The summed E-state index contributed by atoms with van der Waals surface area (Å²) in [6.45, 7) is 12.6. The van der Waals surface area contributed by atoms with E-state index < -0.39 is 0 Å². The van der Waals surface area contributed by atoms with Crippen molar-refractivity contribution in [2.24, 2.45) is 5.92 Å². The fraction of sp³-hybridized carbons (Fsp3) is 1.00. The first-order chi connectivity index (χ1) is 6.61. The van der Waals surface area contributed by atoms with Crippen molar-refractivity contribution < 1.29 is 0 Å². The van der Waals surface area contributed by atoms with Crippen LogP contribution in [0.1, 0.15) is 47.5 Å². The molecule has 0 saturated heterocycles. The van der Waals surface area contributed by atoms with E-state index in [1.54, 1.807) is 0 Å². The van der Waals surface area contributed by atoms with Crippen LogP contribution < -0.4 is 5.32 Å². The molecule has 0 aromatic heterocycles. The molecule has 0 amide bonds. The van der Waals surface area contributed by atoms with E-state index in [0.29, 0.717) is 6.04 Å². The molecule has 0 rings (SSSR count). The summed E-state index contributed by atoms with van der Waals surface area (Å²) >= 11 is 2.11. The predicted molar refractivity (Wildman–Crippen MR) is 69.1 cm³/mol. The second-order valence-corrected chi connectivity index (χ2v) is 5.75. The number of rotatable bonds is 8. The van der Waals surface area contributed by atoms with Crippen molar-refractivity contribution in [1.29, 1.82) is 0 Å². The van der Waals surface area contributed by atoms with Gasteiger partial charge in [0, 0.05) is 17.0 Å². The van der Waals surface area contributed by atoms with Crippen molar-refractivity contribution in [3.8, 4) is 0 Å². The summed E-state index contributed by atoms with van der Waals surface area (Å²) in [4.78, 5) is 0. The lowest BCUT2D eigenvalue weighted by Crippen LogP contribution is -2.32. The van der Waals surface area contributed by atoms with E-state index in [2.05, 4.69) is 51.7 Å². The molecule has 0 aromatic rings. The van der Waals surface area contributed by atoms with Crippen LogP contribution in [0, 0.1) is 5.92 Å². The van der Waals surface area contributed by atoms with Crippen LogP contribution in [0.3, 0.4) is 0 Å². The molecule has 0 spiro atoms. The van der Waals surface area contributed by atoms with E-state index in [9.17, 15) is 0 Å². The Morgan fingerprint density at radius 2 is 1.79 bits per heavy atom. The Balaban J connectivity index is 3.60. The number of hydrogen-bond donors (Lipinski definition) is 1. The predicted octanol–water partition coefficient (Wildman–Crippen LogP) is 3.54. The van der Waals surface area contributed by atoms with Crippen LogP contribution in [0.25, 0.3) is 0 Å². The molecule has 1 nitrogen and oxygen atoms in total. The largest absolute Gasteiger partial charge is 0.313 e. The third kappa shape index (κ3) is 6.72. The Morgan fingerprint density at radius 1 is 1.14 bits per heavy atom. The maximum Gasteiger partial charge on any atom is 0.0155 e. The minimum atomic E-state index is 0.709. The Hall–Kier alpha value is 0.310. The molecule has 0 fully saturated rings. The molecular formula is C12H27NS. The summed E-state index contributed by atoms with van der Waals surface area (Å²) in [5, 5.41) is 4.38. The van der Waals surface area contributed by atoms with Gasteiger partial charge in [0.2, 0.25) is 0 Å². The number of nitrogens with one attached hydrogen (secondary N) is 1. The summed E-state index contributed by atoms with van der Waals surface area (Å²) < 4.78 is 0. The summed E-state index contributed by atoms with van der Waals surface area (Å²) in [6.07, 6.45) is 2.48. The SMILES string of the molecule is CCCNC(CC)CSC(C)C(C)C. The molecule has 86 valence electrons. The molecule has 0 aliphatic carbocycles. The highest BCUT2D eigenvalue weighted by molar-refractivity contribution is 7.99. The quantitative estimate of drug-likeness (QED) is 0.667. The second kappa shape index (κ2) is 8.60. The lowest BCUT2D eigenvalue weighted by molar-refractivity contribution is 0.537. The van der Waals surface area contributed by atoms with E-state index in [4.69, 9.17) is 0 Å². The first-order valence-corrected chi connectivity index (χ1v) is 7.01. The van der Waals surface area contributed by atoms with Crippen molar-refractivity contribution in [2.45, 2.75) is 58.8 Å². The summed E-state index contributed by atoms with van der Waals surface area (Å²) in [5.41, 5.74) is 0. The molecule has 0 radical (unpaired) electrons. The third-order valence-corrected chi connectivity index (χ3v) is 4.34. The standard InChI is InChI=1S/C12H27NS/c1-6-8-13-12(7-2)9-14-11(5)10(3)4/h10-13H,6-9H2,1-5H3. The number of thioether (sulfide) groups is 1. The van der Waals surface area contributed by atoms with Gasteiger partial charge in [-0.25, -0.2) is 0 Å². The smallest absolute Gasteiger partial charge is 0.0155 e. The Bertz CT molecular complexity index is 125.